The van der Waals surface area contributed by atoms with E-state index >= 15 is 0 Å². The van der Waals surface area contributed by atoms with Crippen LogP contribution in [0.25, 0.3) is 5.82 Å². The number of para-hydroxylation sites is 1. The van der Waals surface area contributed by atoms with Gasteiger partial charge in [-0.3, -0.25) is 4.79 Å². The van der Waals surface area contributed by atoms with Crippen molar-refractivity contribution in [2.24, 2.45) is 5.92 Å². The minimum atomic E-state index is -4.80. The number of anilines is 1. The summed E-state index contributed by atoms with van der Waals surface area (Å²) in [6.07, 6.45) is 1.55. The fraction of sp³-hybridized carbons (Fsp3) is 0.333. The molecule has 1 unspecified atom stereocenters. The van der Waals surface area contributed by atoms with E-state index < -0.39 is 6.36 Å². The lowest BCUT2D eigenvalue weighted by Crippen LogP contribution is -2.43. The van der Waals surface area contributed by atoms with Crippen LogP contribution < -0.4 is 15.0 Å². The van der Waals surface area contributed by atoms with E-state index in [9.17, 15) is 18.0 Å². The predicted molar refractivity (Wildman–Crippen MR) is 109 cm³/mol. The molecule has 32 heavy (non-hydrogen) atoms. The van der Waals surface area contributed by atoms with Crippen LogP contribution in [0.3, 0.4) is 0 Å². The van der Waals surface area contributed by atoms with Crippen LogP contribution in [0.5, 0.6) is 5.75 Å². The molecule has 11 heteroatoms. The molecule has 3 aromatic rings. The molecule has 1 aliphatic heterocycles. The van der Waals surface area contributed by atoms with Crippen molar-refractivity contribution in [1.82, 2.24) is 25.1 Å². The number of nitrogens with zero attached hydrogens (tertiary/aromatic N) is 5. The second-order valence-corrected chi connectivity index (χ2v) is 7.34. The highest BCUT2D eigenvalue weighted by Crippen LogP contribution is 2.27. The molecular formula is C21H21F3N6O2. The molecule has 1 amide bonds. The van der Waals surface area contributed by atoms with E-state index in [0.717, 1.165) is 13.0 Å². The fourth-order valence-corrected chi connectivity index (χ4v) is 3.64. The van der Waals surface area contributed by atoms with Gasteiger partial charge in [0.25, 0.3) is 0 Å². The minimum absolute atomic E-state index is 0.0570. The van der Waals surface area contributed by atoms with Crippen LogP contribution in [-0.4, -0.2) is 45.1 Å². The molecule has 1 N–H and O–H groups in total. The molecule has 0 aliphatic carbocycles. The number of alkyl halides is 3. The first kappa shape index (κ1) is 21.6. The number of aromatic nitrogens is 4. The van der Waals surface area contributed by atoms with E-state index in [2.05, 4.69) is 25.1 Å². The summed E-state index contributed by atoms with van der Waals surface area (Å²) in [5.41, 5.74) is 0.255. The Morgan fingerprint density at radius 3 is 2.78 bits per heavy atom. The van der Waals surface area contributed by atoms with Crippen LogP contribution in [0.1, 0.15) is 18.4 Å². The second-order valence-electron chi connectivity index (χ2n) is 7.34. The zero-order valence-corrected chi connectivity index (χ0v) is 17.0. The van der Waals surface area contributed by atoms with E-state index in [0.29, 0.717) is 24.6 Å². The Morgan fingerprint density at radius 1 is 1.19 bits per heavy atom. The van der Waals surface area contributed by atoms with Crippen LogP contribution in [0.15, 0.2) is 55.1 Å². The largest absolute Gasteiger partial charge is 0.573 e. The minimum Gasteiger partial charge on any atom is -0.405 e. The van der Waals surface area contributed by atoms with Gasteiger partial charge in [0, 0.05) is 43.7 Å². The number of hydrogen-bond acceptors (Lipinski definition) is 6. The molecule has 0 radical (unpaired) electrons. The van der Waals surface area contributed by atoms with Crippen LogP contribution in [0.2, 0.25) is 0 Å². The van der Waals surface area contributed by atoms with Gasteiger partial charge in [0.1, 0.15) is 17.9 Å². The topological polar surface area (TPSA) is 85.2 Å². The number of piperidine rings is 1. The number of benzene rings is 1. The van der Waals surface area contributed by atoms with Crippen molar-refractivity contribution in [2.75, 3.05) is 18.0 Å². The first-order valence-electron chi connectivity index (χ1n) is 10.1. The van der Waals surface area contributed by atoms with E-state index in [1.165, 1.54) is 24.5 Å². The zero-order valence-electron chi connectivity index (χ0n) is 17.0. The highest BCUT2D eigenvalue weighted by molar-refractivity contribution is 5.79. The molecule has 1 aromatic carbocycles. The van der Waals surface area contributed by atoms with Gasteiger partial charge in [-0.05, 0) is 25.0 Å². The standard InChI is InChI=1S/C21H21F3N6O2/c22-21(23,24)32-17-7-2-1-5-15(17)12-25-20(31)16-6-3-9-29(13-16)18-11-19(27-14-26-18)30-10-4-8-28-30/h1-2,4-5,7-8,10-11,14,16H,3,6,9,12-13H2,(H,25,31). The predicted octanol–water partition coefficient (Wildman–Crippen LogP) is 3.09. The summed E-state index contributed by atoms with van der Waals surface area (Å²) in [5, 5.41) is 6.90. The molecule has 0 saturated carbocycles. The monoisotopic (exact) mass is 446 g/mol. The SMILES string of the molecule is O=C(NCc1ccccc1OC(F)(F)F)C1CCCN(c2cc(-n3cccn3)ncn2)C1. The Labute approximate surface area is 182 Å². The summed E-state index contributed by atoms with van der Waals surface area (Å²) in [6, 6.07) is 9.36. The summed E-state index contributed by atoms with van der Waals surface area (Å²) in [6.45, 7) is 1.13. The first-order valence-corrected chi connectivity index (χ1v) is 10.1. The normalized spacial score (nSPS) is 16.6. The Bertz CT molecular complexity index is 1060. The average Bonchev–Trinajstić information content (AvgIpc) is 3.33. The molecule has 1 atom stereocenters. The van der Waals surface area contributed by atoms with E-state index in [-0.39, 0.29) is 29.7 Å². The lowest BCUT2D eigenvalue weighted by atomic mass is 9.97. The third-order valence-corrected chi connectivity index (χ3v) is 5.14. The van der Waals surface area contributed by atoms with Gasteiger partial charge in [0.15, 0.2) is 5.82 Å². The van der Waals surface area contributed by atoms with E-state index in [4.69, 9.17) is 0 Å². The number of halogens is 3. The Balaban J connectivity index is 1.39. The average molecular weight is 446 g/mol. The first-order chi connectivity index (χ1) is 15.4. The van der Waals surface area contributed by atoms with Crippen molar-refractivity contribution in [3.63, 3.8) is 0 Å². The number of amides is 1. The number of carbonyl (C=O) groups is 1. The molecule has 1 saturated heterocycles. The lowest BCUT2D eigenvalue weighted by molar-refractivity contribution is -0.274. The Kier molecular flexibility index (Phi) is 6.24. The zero-order chi connectivity index (χ0) is 22.6. The molecule has 3 heterocycles. The number of rotatable bonds is 6. The molecular weight excluding hydrogens is 425 g/mol. The molecule has 8 nitrogen and oxygen atoms in total. The van der Waals surface area contributed by atoms with Crippen molar-refractivity contribution < 1.29 is 22.7 Å². The third-order valence-electron chi connectivity index (χ3n) is 5.14. The maximum absolute atomic E-state index is 12.8. The summed E-state index contributed by atoms with van der Waals surface area (Å²) in [5.74, 6) is 0.443. The van der Waals surface area contributed by atoms with Gasteiger partial charge in [-0.15, -0.1) is 13.2 Å². The van der Waals surface area contributed by atoms with Crippen LogP contribution in [0.4, 0.5) is 19.0 Å². The van der Waals surface area contributed by atoms with Gasteiger partial charge in [-0.25, -0.2) is 14.6 Å². The van der Waals surface area contributed by atoms with Crippen molar-refractivity contribution in [3.8, 4) is 11.6 Å². The van der Waals surface area contributed by atoms with Gasteiger partial charge in [-0.2, -0.15) is 5.10 Å². The number of nitrogens with one attached hydrogen (secondary N) is 1. The maximum Gasteiger partial charge on any atom is 0.573 e. The molecule has 0 spiro atoms. The van der Waals surface area contributed by atoms with Crippen molar-refractivity contribution in [2.45, 2.75) is 25.7 Å². The number of ether oxygens (including phenoxy) is 1. The maximum atomic E-state index is 12.8. The molecule has 2 aromatic heterocycles. The van der Waals surface area contributed by atoms with Crippen molar-refractivity contribution >= 4 is 11.7 Å². The second kappa shape index (κ2) is 9.25. The summed E-state index contributed by atoms with van der Waals surface area (Å²) < 4.78 is 43.5. The van der Waals surface area contributed by atoms with Gasteiger partial charge >= 0.3 is 6.36 Å². The molecule has 0 bridgehead atoms. The number of hydrogen-bond donors (Lipinski definition) is 1. The Morgan fingerprint density at radius 2 is 2.00 bits per heavy atom. The summed E-state index contributed by atoms with van der Waals surface area (Å²) >= 11 is 0. The van der Waals surface area contributed by atoms with Crippen LogP contribution in [-0.2, 0) is 11.3 Å². The quantitative estimate of drug-likeness (QED) is 0.627. The van der Waals surface area contributed by atoms with Crippen molar-refractivity contribution in [3.05, 3.63) is 60.7 Å². The van der Waals surface area contributed by atoms with Gasteiger partial charge < -0.3 is 15.0 Å². The van der Waals surface area contributed by atoms with Crippen LogP contribution in [0, 0.1) is 5.92 Å². The van der Waals surface area contributed by atoms with Gasteiger partial charge in [0.2, 0.25) is 5.91 Å². The van der Waals surface area contributed by atoms with Crippen molar-refractivity contribution in [1.29, 1.82) is 0 Å². The highest BCUT2D eigenvalue weighted by Gasteiger charge is 2.32. The molecule has 1 fully saturated rings. The molecule has 4 rings (SSSR count). The lowest BCUT2D eigenvalue weighted by Gasteiger charge is -2.33. The molecule has 168 valence electrons. The van der Waals surface area contributed by atoms with Crippen LogP contribution >= 0.6 is 0 Å². The number of carbonyl (C=O) groups excluding carboxylic acids is 1. The van der Waals surface area contributed by atoms with Gasteiger partial charge in [0.05, 0.1) is 5.92 Å². The summed E-state index contributed by atoms with van der Waals surface area (Å²) in [7, 11) is 0. The fourth-order valence-electron chi connectivity index (χ4n) is 3.64. The summed E-state index contributed by atoms with van der Waals surface area (Å²) in [4.78, 5) is 23.3. The van der Waals surface area contributed by atoms with E-state index in [1.807, 2.05) is 4.90 Å². The third kappa shape index (κ3) is 5.34. The van der Waals surface area contributed by atoms with E-state index in [1.54, 1.807) is 35.3 Å². The smallest absolute Gasteiger partial charge is 0.405 e. The Hall–Kier alpha value is -3.63. The highest BCUT2D eigenvalue weighted by atomic mass is 19.4. The molecule has 1 aliphatic rings. The van der Waals surface area contributed by atoms with Gasteiger partial charge in [-0.1, -0.05) is 18.2 Å².